The topological polar surface area (TPSA) is 64.2 Å². The van der Waals surface area contributed by atoms with Gasteiger partial charge in [-0.1, -0.05) is 29.8 Å². The Bertz CT molecular complexity index is 911. The quantitative estimate of drug-likeness (QED) is 0.807. The summed E-state index contributed by atoms with van der Waals surface area (Å²) >= 11 is 6.02. The maximum absolute atomic E-state index is 12.2. The largest absolute Gasteiger partial charge is 0.420 e. The summed E-state index contributed by atoms with van der Waals surface area (Å²) in [7, 11) is 0. The summed E-state index contributed by atoms with van der Waals surface area (Å²) in [6, 6.07) is 12.2. The molecule has 0 atom stereocenters. The van der Waals surface area contributed by atoms with Crippen molar-refractivity contribution < 1.29 is 9.21 Å². The van der Waals surface area contributed by atoms with E-state index >= 15 is 0 Å². The highest BCUT2D eigenvalue weighted by molar-refractivity contribution is 6.31. The molecular formula is C16H13ClN2O3. The molecule has 1 aromatic heterocycles. The number of carbonyl (C=O) groups is 1. The number of hydrogen-bond donors (Lipinski definition) is 1. The molecule has 0 saturated heterocycles. The van der Waals surface area contributed by atoms with Crippen LogP contribution in [-0.2, 0) is 11.3 Å². The molecule has 0 radical (unpaired) electrons. The maximum atomic E-state index is 12.2. The van der Waals surface area contributed by atoms with Gasteiger partial charge in [0.25, 0.3) is 0 Å². The van der Waals surface area contributed by atoms with Crippen molar-refractivity contribution >= 4 is 34.3 Å². The Morgan fingerprint density at radius 1 is 1.23 bits per heavy atom. The van der Waals surface area contributed by atoms with Crippen LogP contribution in [-0.4, -0.2) is 10.5 Å². The Labute approximate surface area is 131 Å². The van der Waals surface area contributed by atoms with Crippen LogP contribution in [0.1, 0.15) is 5.56 Å². The predicted molar refractivity (Wildman–Crippen MR) is 85.3 cm³/mol. The number of rotatable bonds is 3. The number of amides is 1. The fraction of sp³-hybridized carbons (Fsp3) is 0.125. The summed E-state index contributed by atoms with van der Waals surface area (Å²) in [5, 5.41) is 3.33. The Morgan fingerprint density at radius 3 is 2.82 bits per heavy atom. The van der Waals surface area contributed by atoms with Gasteiger partial charge >= 0.3 is 5.76 Å². The lowest BCUT2D eigenvalue weighted by Crippen LogP contribution is -2.25. The number of benzene rings is 2. The second-order valence-corrected chi connectivity index (χ2v) is 5.29. The first-order chi connectivity index (χ1) is 10.6. The van der Waals surface area contributed by atoms with Crippen LogP contribution < -0.4 is 11.1 Å². The summed E-state index contributed by atoms with van der Waals surface area (Å²) in [4.78, 5) is 24.0. The predicted octanol–water partition coefficient (Wildman–Crippen LogP) is 3.20. The van der Waals surface area contributed by atoms with Crippen LogP contribution in [0, 0.1) is 6.92 Å². The van der Waals surface area contributed by atoms with Crippen molar-refractivity contribution in [2.45, 2.75) is 13.5 Å². The fourth-order valence-corrected chi connectivity index (χ4v) is 2.41. The van der Waals surface area contributed by atoms with Crippen LogP contribution in [0.3, 0.4) is 0 Å². The minimum atomic E-state index is -0.556. The molecule has 2 aromatic carbocycles. The van der Waals surface area contributed by atoms with Gasteiger partial charge < -0.3 is 9.73 Å². The fourth-order valence-electron chi connectivity index (χ4n) is 2.24. The third-order valence-electron chi connectivity index (χ3n) is 3.42. The molecule has 112 valence electrons. The first kappa shape index (κ1) is 14.4. The number of aromatic nitrogens is 1. The summed E-state index contributed by atoms with van der Waals surface area (Å²) in [6.45, 7) is 1.69. The lowest BCUT2D eigenvalue weighted by Gasteiger charge is -2.09. The van der Waals surface area contributed by atoms with E-state index in [2.05, 4.69) is 5.32 Å². The lowest BCUT2D eigenvalue weighted by atomic mass is 10.2. The number of oxazole rings is 1. The van der Waals surface area contributed by atoms with Gasteiger partial charge in [-0.2, -0.15) is 0 Å². The normalized spacial score (nSPS) is 10.8. The van der Waals surface area contributed by atoms with Gasteiger partial charge in [-0.3, -0.25) is 9.36 Å². The smallest absolute Gasteiger partial charge is 0.408 e. The van der Waals surface area contributed by atoms with Gasteiger partial charge in [0, 0.05) is 10.7 Å². The van der Waals surface area contributed by atoms with Gasteiger partial charge in [0.05, 0.1) is 5.52 Å². The van der Waals surface area contributed by atoms with Crippen molar-refractivity contribution in [1.29, 1.82) is 0 Å². The van der Waals surface area contributed by atoms with E-state index in [4.69, 9.17) is 16.0 Å². The SMILES string of the molecule is Cc1c(Cl)cccc1NC(=O)Cn1c(=O)oc2ccccc21. The maximum Gasteiger partial charge on any atom is 0.420 e. The first-order valence-electron chi connectivity index (χ1n) is 6.69. The number of nitrogens with one attached hydrogen (secondary N) is 1. The molecule has 3 aromatic rings. The number of hydrogen-bond acceptors (Lipinski definition) is 3. The highest BCUT2D eigenvalue weighted by Crippen LogP contribution is 2.23. The molecule has 3 rings (SSSR count). The van der Waals surface area contributed by atoms with E-state index in [1.807, 2.05) is 6.92 Å². The summed E-state index contributed by atoms with van der Waals surface area (Å²) in [6.07, 6.45) is 0. The van der Waals surface area contributed by atoms with Crippen molar-refractivity contribution in [1.82, 2.24) is 4.57 Å². The molecule has 0 spiro atoms. The second kappa shape index (κ2) is 5.69. The zero-order valence-electron chi connectivity index (χ0n) is 11.8. The monoisotopic (exact) mass is 316 g/mol. The molecule has 22 heavy (non-hydrogen) atoms. The number of anilines is 1. The van der Waals surface area contributed by atoms with Crippen LogP contribution >= 0.6 is 11.6 Å². The summed E-state index contributed by atoms with van der Waals surface area (Å²) in [5.74, 6) is -0.877. The van der Waals surface area contributed by atoms with Gasteiger partial charge in [-0.15, -0.1) is 0 Å². The zero-order valence-corrected chi connectivity index (χ0v) is 12.6. The van der Waals surface area contributed by atoms with Gasteiger partial charge in [-0.25, -0.2) is 4.79 Å². The van der Waals surface area contributed by atoms with Crippen LogP contribution in [0.15, 0.2) is 51.7 Å². The van der Waals surface area contributed by atoms with Crippen molar-refractivity contribution in [3.8, 4) is 0 Å². The van der Waals surface area contributed by atoms with E-state index in [9.17, 15) is 9.59 Å². The standard InChI is InChI=1S/C16H13ClN2O3/c1-10-11(17)5-4-6-12(10)18-15(20)9-19-13-7-2-3-8-14(13)22-16(19)21/h2-8H,9H2,1H3,(H,18,20). The highest BCUT2D eigenvalue weighted by atomic mass is 35.5. The Kier molecular flexibility index (Phi) is 3.73. The molecule has 0 aliphatic heterocycles. The summed E-state index contributed by atoms with van der Waals surface area (Å²) < 4.78 is 6.40. The van der Waals surface area contributed by atoms with Crippen molar-refractivity contribution in [2.24, 2.45) is 0 Å². The van der Waals surface area contributed by atoms with E-state index in [-0.39, 0.29) is 12.5 Å². The molecule has 1 N–H and O–H groups in total. The van der Waals surface area contributed by atoms with Crippen LogP contribution in [0.4, 0.5) is 5.69 Å². The van der Waals surface area contributed by atoms with Crippen LogP contribution in [0.5, 0.6) is 0 Å². The van der Waals surface area contributed by atoms with E-state index in [0.717, 1.165) is 5.56 Å². The molecule has 0 aliphatic carbocycles. The average molecular weight is 317 g/mol. The second-order valence-electron chi connectivity index (χ2n) is 4.88. The van der Waals surface area contributed by atoms with Gasteiger partial charge in [0.15, 0.2) is 5.58 Å². The van der Waals surface area contributed by atoms with Gasteiger partial charge in [0.1, 0.15) is 6.54 Å². The minimum absolute atomic E-state index is 0.123. The molecule has 1 amide bonds. The van der Waals surface area contributed by atoms with Crippen LogP contribution in [0.2, 0.25) is 5.02 Å². The van der Waals surface area contributed by atoms with E-state index in [1.165, 1.54) is 4.57 Å². The molecule has 0 fully saturated rings. The minimum Gasteiger partial charge on any atom is -0.408 e. The third-order valence-corrected chi connectivity index (χ3v) is 3.83. The Balaban J connectivity index is 1.86. The highest BCUT2D eigenvalue weighted by Gasteiger charge is 2.13. The molecule has 0 bridgehead atoms. The Hall–Kier alpha value is -2.53. The van der Waals surface area contributed by atoms with E-state index < -0.39 is 5.76 Å². The number of fused-ring (bicyclic) bond motifs is 1. The van der Waals surface area contributed by atoms with E-state index in [1.54, 1.807) is 42.5 Å². The third kappa shape index (κ3) is 2.63. The number of nitrogens with zero attached hydrogens (tertiary/aromatic N) is 1. The number of carbonyl (C=O) groups excluding carboxylic acids is 1. The van der Waals surface area contributed by atoms with E-state index in [0.29, 0.717) is 21.8 Å². The molecule has 5 nitrogen and oxygen atoms in total. The zero-order chi connectivity index (χ0) is 15.7. The van der Waals surface area contributed by atoms with Gasteiger partial charge in [0.2, 0.25) is 5.91 Å². The Morgan fingerprint density at radius 2 is 2.00 bits per heavy atom. The molecule has 1 heterocycles. The van der Waals surface area contributed by atoms with Crippen molar-refractivity contribution in [3.05, 3.63) is 63.6 Å². The molecule has 0 unspecified atom stereocenters. The number of halogens is 1. The average Bonchev–Trinajstić information content (AvgIpc) is 2.80. The molecular weight excluding hydrogens is 304 g/mol. The molecule has 0 aliphatic rings. The van der Waals surface area contributed by atoms with Crippen molar-refractivity contribution in [3.63, 3.8) is 0 Å². The van der Waals surface area contributed by atoms with Crippen LogP contribution in [0.25, 0.3) is 11.1 Å². The molecule has 6 heteroatoms. The van der Waals surface area contributed by atoms with Crippen molar-refractivity contribution in [2.75, 3.05) is 5.32 Å². The van der Waals surface area contributed by atoms with Gasteiger partial charge in [-0.05, 0) is 36.8 Å². The first-order valence-corrected chi connectivity index (χ1v) is 7.07. The molecule has 0 saturated carbocycles. The lowest BCUT2D eigenvalue weighted by molar-refractivity contribution is -0.116. The number of para-hydroxylation sites is 2. The summed E-state index contributed by atoms with van der Waals surface area (Å²) in [5.41, 5.74) is 2.45.